The standard InChI is InChI=1S/C32H20Cl2N2O3/c33-20-14-15-24(25(34)16-20)26-27(28(37)18-8-2-1-3-9-18)36-29(21-11-5-4-10-19(21)17-35-36)32(26)30(38)22-12-6-7-13-23(22)31(32)39/h1-17,26-27,29H/t26-,27-,29-/m0/s1. The lowest BCUT2D eigenvalue weighted by atomic mass is 9.63. The summed E-state index contributed by atoms with van der Waals surface area (Å²) in [5.41, 5.74) is 1.54. The quantitative estimate of drug-likeness (QED) is 0.208. The smallest absolute Gasteiger partial charge is 0.187 e. The largest absolute Gasteiger partial charge is 0.293 e. The molecule has 1 aliphatic carbocycles. The highest BCUT2D eigenvalue weighted by molar-refractivity contribution is 6.36. The number of rotatable bonds is 3. The minimum atomic E-state index is -1.68. The summed E-state index contributed by atoms with van der Waals surface area (Å²) in [5.74, 6) is -1.84. The maximum Gasteiger partial charge on any atom is 0.187 e. The molecule has 1 spiro atoms. The molecule has 39 heavy (non-hydrogen) atoms. The molecule has 2 aliphatic heterocycles. The molecular formula is C32H20Cl2N2O3. The molecular weight excluding hydrogens is 531 g/mol. The second-order valence-corrected chi connectivity index (χ2v) is 10.9. The highest BCUT2D eigenvalue weighted by Gasteiger charge is 2.73. The number of carbonyl (C=O) groups is 3. The van der Waals surface area contributed by atoms with Crippen LogP contribution in [-0.4, -0.2) is 34.6 Å². The predicted octanol–water partition coefficient (Wildman–Crippen LogP) is 6.80. The van der Waals surface area contributed by atoms with Crippen LogP contribution in [0.5, 0.6) is 0 Å². The number of carbonyl (C=O) groups excluding carboxylic acids is 3. The Labute approximate surface area is 234 Å². The average Bonchev–Trinajstić information content (AvgIpc) is 3.39. The van der Waals surface area contributed by atoms with Gasteiger partial charge in [0.2, 0.25) is 0 Å². The maximum atomic E-state index is 14.7. The first-order valence-corrected chi connectivity index (χ1v) is 13.3. The molecule has 0 radical (unpaired) electrons. The predicted molar refractivity (Wildman–Crippen MR) is 150 cm³/mol. The summed E-state index contributed by atoms with van der Waals surface area (Å²) in [5, 5.41) is 7.11. The van der Waals surface area contributed by atoms with E-state index < -0.39 is 23.4 Å². The van der Waals surface area contributed by atoms with Crippen molar-refractivity contribution in [2.45, 2.75) is 18.0 Å². The van der Waals surface area contributed by atoms with Crippen LogP contribution in [0.25, 0.3) is 0 Å². The van der Waals surface area contributed by atoms with E-state index >= 15 is 0 Å². The number of Topliss-reactive ketones (excluding diaryl/α,β-unsaturated/α-hetero) is 3. The van der Waals surface area contributed by atoms with Gasteiger partial charge in [-0.3, -0.25) is 19.4 Å². The average molecular weight is 551 g/mol. The van der Waals surface area contributed by atoms with Crippen molar-refractivity contribution in [1.29, 1.82) is 0 Å². The van der Waals surface area contributed by atoms with Crippen LogP contribution < -0.4 is 0 Å². The van der Waals surface area contributed by atoms with Crippen LogP contribution in [0.3, 0.4) is 0 Å². The van der Waals surface area contributed by atoms with E-state index in [2.05, 4.69) is 0 Å². The second kappa shape index (κ2) is 8.73. The number of fused-ring (bicyclic) bond motifs is 5. The summed E-state index contributed by atoms with van der Waals surface area (Å²) in [4.78, 5) is 43.8. The Morgan fingerprint density at radius 1 is 0.769 bits per heavy atom. The summed E-state index contributed by atoms with van der Waals surface area (Å²) in [6.07, 6.45) is 1.69. The summed E-state index contributed by atoms with van der Waals surface area (Å²) >= 11 is 13.1. The molecule has 4 aromatic carbocycles. The van der Waals surface area contributed by atoms with Gasteiger partial charge in [-0.1, -0.05) is 108 Å². The fraction of sp³-hybridized carbons (Fsp3) is 0.125. The van der Waals surface area contributed by atoms with Gasteiger partial charge < -0.3 is 0 Å². The molecule has 4 aromatic rings. The topological polar surface area (TPSA) is 66.8 Å². The zero-order valence-electron chi connectivity index (χ0n) is 20.4. The van der Waals surface area contributed by atoms with Crippen molar-refractivity contribution in [3.63, 3.8) is 0 Å². The summed E-state index contributed by atoms with van der Waals surface area (Å²) in [6, 6.07) is 26.5. The lowest BCUT2D eigenvalue weighted by Gasteiger charge is -2.36. The van der Waals surface area contributed by atoms with Crippen molar-refractivity contribution in [2.24, 2.45) is 10.5 Å². The van der Waals surface area contributed by atoms with Crippen molar-refractivity contribution in [2.75, 3.05) is 0 Å². The van der Waals surface area contributed by atoms with Crippen molar-refractivity contribution in [3.8, 4) is 0 Å². The monoisotopic (exact) mass is 550 g/mol. The summed E-state index contributed by atoms with van der Waals surface area (Å²) in [6.45, 7) is 0. The number of hydrazone groups is 1. The van der Waals surface area contributed by atoms with Crippen LogP contribution in [0, 0.1) is 5.41 Å². The summed E-state index contributed by atoms with van der Waals surface area (Å²) < 4.78 is 0. The molecule has 7 heteroatoms. The van der Waals surface area contributed by atoms with Gasteiger partial charge >= 0.3 is 0 Å². The zero-order valence-corrected chi connectivity index (χ0v) is 21.9. The number of hydrogen-bond acceptors (Lipinski definition) is 5. The summed E-state index contributed by atoms with van der Waals surface area (Å²) in [7, 11) is 0. The minimum absolute atomic E-state index is 0.249. The molecule has 190 valence electrons. The molecule has 5 nitrogen and oxygen atoms in total. The van der Waals surface area contributed by atoms with Crippen molar-refractivity contribution in [3.05, 3.63) is 140 Å². The lowest BCUT2D eigenvalue weighted by molar-refractivity contribution is 0.0586. The molecule has 1 fully saturated rings. The van der Waals surface area contributed by atoms with Crippen molar-refractivity contribution >= 4 is 46.8 Å². The molecule has 0 N–H and O–H groups in total. The fourth-order valence-corrected chi connectivity index (χ4v) is 7.17. The van der Waals surface area contributed by atoms with Crippen LogP contribution in [0.15, 0.2) is 102 Å². The van der Waals surface area contributed by atoms with Gasteiger partial charge in [-0.05, 0) is 28.8 Å². The highest BCUT2D eigenvalue weighted by Crippen LogP contribution is 2.65. The number of hydrogen-bond donors (Lipinski definition) is 0. The van der Waals surface area contributed by atoms with Crippen LogP contribution in [0.4, 0.5) is 0 Å². The van der Waals surface area contributed by atoms with Crippen LogP contribution >= 0.6 is 23.2 Å². The van der Waals surface area contributed by atoms with Gasteiger partial charge in [-0.15, -0.1) is 0 Å². The number of benzene rings is 4. The third-order valence-electron chi connectivity index (χ3n) is 8.20. The molecule has 0 saturated carbocycles. The van der Waals surface area contributed by atoms with Gasteiger partial charge in [0, 0.05) is 32.7 Å². The first-order valence-electron chi connectivity index (χ1n) is 12.6. The van der Waals surface area contributed by atoms with Gasteiger partial charge in [-0.25, -0.2) is 0 Å². The molecule has 0 amide bonds. The zero-order chi connectivity index (χ0) is 26.9. The maximum absolute atomic E-state index is 14.7. The van der Waals surface area contributed by atoms with E-state index in [9.17, 15) is 14.4 Å². The minimum Gasteiger partial charge on any atom is -0.293 e. The van der Waals surface area contributed by atoms with E-state index in [1.807, 2.05) is 30.3 Å². The van der Waals surface area contributed by atoms with Gasteiger partial charge in [0.25, 0.3) is 0 Å². The van der Waals surface area contributed by atoms with Gasteiger partial charge in [-0.2, -0.15) is 5.10 Å². The highest BCUT2D eigenvalue weighted by atomic mass is 35.5. The van der Waals surface area contributed by atoms with E-state index in [0.717, 1.165) is 11.1 Å². The van der Waals surface area contributed by atoms with E-state index in [0.29, 0.717) is 27.3 Å². The molecule has 1 saturated heterocycles. The lowest BCUT2D eigenvalue weighted by Crippen LogP contribution is -2.44. The van der Waals surface area contributed by atoms with E-state index in [1.165, 1.54) is 0 Å². The fourth-order valence-electron chi connectivity index (χ4n) is 6.65. The molecule has 0 unspecified atom stereocenters. The Hall–Kier alpha value is -4.06. The Bertz CT molecular complexity index is 1700. The number of nitrogens with zero attached hydrogens (tertiary/aromatic N) is 2. The normalized spacial score (nSPS) is 22.1. The number of halogens is 2. The van der Waals surface area contributed by atoms with Crippen LogP contribution in [-0.2, 0) is 0 Å². The van der Waals surface area contributed by atoms with Gasteiger partial charge in [0.15, 0.2) is 17.3 Å². The van der Waals surface area contributed by atoms with E-state index in [4.69, 9.17) is 28.3 Å². The molecule has 3 atom stereocenters. The number of ketones is 3. The van der Waals surface area contributed by atoms with Gasteiger partial charge in [0.1, 0.15) is 11.5 Å². The Morgan fingerprint density at radius 2 is 1.41 bits per heavy atom. The second-order valence-electron chi connectivity index (χ2n) is 10.0. The van der Waals surface area contributed by atoms with Gasteiger partial charge in [0.05, 0.1) is 12.3 Å². The SMILES string of the molecule is O=C(c1ccccc1)[C@@H]1[C@H](c2ccc(Cl)cc2Cl)C2(C(=O)c3ccccc3C2=O)[C@@H]2c3ccccc3C=NN12. The molecule has 0 aromatic heterocycles. The molecule has 2 heterocycles. The first kappa shape index (κ1) is 24.0. The Balaban J connectivity index is 1.58. The van der Waals surface area contributed by atoms with E-state index in [-0.39, 0.29) is 22.4 Å². The molecule has 7 rings (SSSR count). The molecule has 0 bridgehead atoms. The van der Waals surface area contributed by atoms with Crippen molar-refractivity contribution < 1.29 is 14.4 Å². The van der Waals surface area contributed by atoms with Crippen molar-refractivity contribution in [1.82, 2.24) is 5.01 Å². The third kappa shape index (κ3) is 3.20. The Kier molecular flexibility index (Phi) is 5.38. The van der Waals surface area contributed by atoms with Crippen LogP contribution in [0.1, 0.15) is 59.7 Å². The molecule has 3 aliphatic rings. The van der Waals surface area contributed by atoms with E-state index in [1.54, 1.807) is 78.0 Å². The van der Waals surface area contributed by atoms with Crippen LogP contribution in [0.2, 0.25) is 10.0 Å². The Morgan fingerprint density at radius 3 is 2.10 bits per heavy atom. The first-order chi connectivity index (χ1) is 18.9. The third-order valence-corrected chi connectivity index (χ3v) is 8.76.